The molecule has 134 valence electrons. The average molecular weight is 355 g/mol. The molecule has 24 heavy (non-hydrogen) atoms. The van der Waals surface area contributed by atoms with Crippen LogP contribution in [0.2, 0.25) is 0 Å². The average Bonchev–Trinajstić information content (AvgIpc) is 3.00. The van der Waals surface area contributed by atoms with Crippen LogP contribution >= 0.6 is 12.4 Å². The first-order valence-corrected chi connectivity index (χ1v) is 8.84. The molecule has 1 aromatic carbocycles. The Balaban J connectivity index is 0.00000208. The number of hydrogen-bond acceptors (Lipinski definition) is 2. The van der Waals surface area contributed by atoms with Gasteiger partial charge in [0.25, 0.3) is 0 Å². The van der Waals surface area contributed by atoms with E-state index < -0.39 is 0 Å². The van der Waals surface area contributed by atoms with Gasteiger partial charge in [-0.3, -0.25) is 9.69 Å². The highest BCUT2D eigenvalue weighted by Crippen LogP contribution is 2.42. The first-order chi connectivity index (χ1) is 11.1. The molecule has 0 radical (unpaired) electrons. The van der Waals surface area contributed by atoms with Gasteiger partial charge in [0.05, 0.1) is 0 Å². The highest BCUT2D eigenvalue weighted by molar-refractivity contribution is 5.85. The Hall–Kier alpha value is -1.13. The number of carbonyl (C=O) groups excluding carboxylic acids is 1. The van der Waals surface area contributed by atoms with Gasteiger partial charge < -0.3 is 4.90 Å². The summed E-state index contributed by atoms with van der Waals surface area (Å²) in [6.45, 7) is 5.62. The van der Waals surface area contributed by atoms with E-state index in [2.05, 4.69) is 11.0 Å². The summed E-state index contributed by atoms with van der Waals surface area (Å²) in [6.07, 6.45) is 4.16. The van der Waals surface area contributed by atoms with Crippen molar-refractivity contribution in [2.75, 3.05) is 26.7 Å². The summed E-state index contributed by atoms with van der Waals surface area (Å²) < 4.78 is 14.4. The molecule has 1 aliphatic heterocycles. The van der Waals surface area contributed by atoms with Crippen molar-refractivity contribution in [3.05, 3.63) is 35.1 Å². The van der Waals surface area contributed by atoms with Crippen molar-refractivity contribution in [2.45, 2.75) is 45.1 Å². The van der Waals surface area contributed by atoms with Crippen molar-refractivity contribution in [1.82, 2.24) is 9.80 Å². The minimum atomic E-state index is -0.0881. The lowest BCUT2D eigenvalue weighted by Crippen LogP contribution is -2.39. The molecule has 5 heteroatoms. The van der Waals surface area contributed by atoms with Crippen LogP contribution in [0.1, 0.15) is 49.7 Å². The molecule has 1 saturated carbocycles. The van der Waals surface area contributed by atoms with Crippen LogP contribution < -0.4 is 0 Å². The van der Waals surface area contributed by atoms with Gasteiger partial charge >= 0.3 is 0 Å². The van der Waals surface area contributed by atoms with Crippen molar-refractivity contribution in [3.63, 3.8) is 0 Å². The third kappa shape index (κ3) is 4.09. The lowest BCUT2D eigenvalue weighted by molar-refractivity contribution is -0.137. The quantitative estimate of drug-likeness (QED) is 0.802. The summed E-state index contributed by atoms with van der Waals surface area (Å²) in [6, 6.07) is 5.69. The van der Waals surface area contributed by atoms with Gasteiger partial charge in [0.2, 0.25) is 5.91 Å². The monoisotopic (exact) mass is 354 g/mol. The van der Waals surface area contributed by atoms with E-state index in [1.165, 1.54) is 12.8 Å². The van der Waals surface area contributed by atoms with E-state index in [9.17, 15) is 9.18 Å². The maximum atomic E-state index is 14.4. The van der Waals surface area contributed by atoms with E-state index in [0.29, 0.717) is 5.92 Å². The van der Waals surface area contributed by atoms with Gasteiger partial charge in [-0.2, -0.15) is 0 Å². The highest BCUT2D eigenvalue weighted by atomic mass is 35.5. The number of benzene rings is 1. The first kappa shape index (κ1) is 19.2. The third-order valence-electron chi connectivity index (χ3n) is 5.48. The van der Waals surface area contributed by atoms with Gasteiger partial charge in [-0.25, -0.2) is 4.39 Å². The van der Waals surface area contributed by atoms with Crippen molar-refractivity contribution in [2.24, 2.45) is 5.92 Å². The molecule has 0 spiro atoms. The lowest BCUT2D eigenvalue weighted by atomic mass is 9.70. The van der Waals surface area contributed by atoms with E-state index >= 15 is 0 Å². The zero-order valence-electron chi connectivity index (χ0n) is 14.6. The van der Waals surface area contributed by atoms with Crippen LogP contribution in [-0.4, -0.2) is 42.4 Å². The Morgan fingerprint density at radius 1 is 1.29 bits per heavy atom. The van der Waals surface area contributed by atoms with Gasteiger partial charge in [0, 0.05) is 31.6 Å². The highest BCUT2D eigenvalue weighted by Gasteiger charge is 2.36. The van der Waals surface area contributed by atoms with E-state index in [1.807, 2.05) is 20.0 Å². The molecule has 2 fully saturated rings. The number of halogens is 2. The Bertz CT molecular complexity index is 568. The predicted octanol–water partition coefficient (Wildman–Crippen LogP) is 3.82. The summed E-state index contributed by atoms with van der Waals surface area (Å²) in [5.74, 6) is 0.603. The Labute approximate surface area is 150 Å². The fraction of sp³-hybridized carbons (Fsp3) is 0.632. The molecule has 1 amide bonds. The van der Waals surface area contributed by atoms with Gasteiger partial charge in [-0.15, -0.1) is 12.4 Å². The molecule has 0 N–H and O–H groups in total. The number of hydrogen-bond donors (Lipinski definition) is 0. The summed E-state index contributed by atoms with van der Waals surface area (Å²) in [7, 11) is 1.85. The van der Waals surface area contributed by atoms with Crippen LogP contribution in [-0.2, 0) is 11.3 Å². The van der Waals surface area contributed by atoms with Crippen molar-refractivity contribution in [3.8, 4) is 0 Å². The van der Waals surface area contributed by atoms with E-state index in [4.69, 9.17) is 0 Å². The van der Waals surface area contributed by atoms with Gasteiger partial charge in [0.15, 0.2) is 0 Å². The Morgan fingerprint density at radius 3 is 2.54 bits per heavy atom. The molecule has 3 rings (SSSR count). The number of nitrogens with zero attached hydrogens (tertiary/aromatic N) is 2. The maximum absolute atomic E-state index is 14.4. The van der Waals surface area contributed by atoms with Crippen molar-refractivity contribution < 1.29 is 9.18 Å². The number of rotatable bonds is 5. The topological polar surface area (TPSA) is 23.6 Å². The molecule has 2 aliphatic rings. The molecule has 1 saturated heterocycles. The van der Waals surface area contributed by atoms with Gasteiger partial charge in [-0.1, -0.05) is 12.1 Å². The maximum Gasteiger partial charge on any atom is 0.225 e. The largest absolute Gasteiger partial charge is 0.346 e. The predicted molar refractivity (Wildman–Crippen MR) is 96.9 cm³/mol. The molecule has 1 aromatic rings. The zero-order valence-corrected chi connectivity index (χ0v) is 15.4. The van der Waals surface area contributed by atoms with E-state index in [-0.39, 0.29) is 30.0 Å². The summed E-state index contributed by atoms with van der Waals surface area (Å²) >= 11 is 0. The van der Waals surface area contributed by atoms with Crippen molar-refractivity contribution in [1.29, 1.82) is 0 Å². The fourth-order valence-corrected chi connectivity index (χ4v) is 3.69. The molecule has 0 atom stereocenters. The van der Waals surface area contributed by atoms with Crippen LogP contribution in [0.5, 0.6) is 0 Å². The summed E-state index contributed by atoms with van der Waals surface area (Å²) in [5.41, 5.74) is 1.85. The molecule has 0 unspecified atom stereocenters. The van der Waals surface area contributed by atoms with Crippen LogP contribution in [0.25, 0.3) is 0 Å². The van der Waals surface area contributed by atoms with Crippen LogP contribution in [0.4, 0.5) is 4.39 Å². The van der Waals surface area contributed by atoms with Gasteiger partial charge in [0.1, 0.15) is 5.82 Å². The number of amides is 1. The molecular formula is C19H28ClFN2O. The fourth-order valence-electron chi connectivity index (χ4n) is 3.69. The third-order valence-corrected chi connectivity index (χ3v) is 5.48. The zero-order chi connectivity index (χ0) is 16.4. The number of carbonyl (C=O) groups is 1. The normalized spacial score (nSPS) is 23.5. The second kappa shape index (κ2) is 8.30. The van der Waals surface area contributed by atoms with Crippen LogP contribution in [0, 0.1) is 11.7 Å². The minimum absolute atomic E-state index is 0. The SMILES string of the molecule is CCN(C)C(=O)C1CC(c2ccc(CN3CCCC3)c(F)c2)C1.Cl. The van der Waals surface area contributed by atoms with Crippen LogP contribution in [0.15, 0.2) is 18.2 Å². The lowest BCUT2D eigenvalue weighted by Gasteiger charge is -2.36. The van der Waals surface area contributed by atoms with Crippen LogP contribution in [0.3, 0.4) is 0 Å². The summed E-state index contributed by atoms with van der Waals surface area (Å²) in [5, 5.41) is 0. The second-order valence-electron chi connectivity index (χ2n) is 7.05. The Kier molecular flexibility index (Phi) is 6.64. The van der Waals surface area contributed by atoms with Gasteiger partial charge in [-0.05, 0) is 63.2 Å². The van der Waals surface area contributed by atoms with E-state index in [0.717, 1.165) is 50.1 Å². The number of likely N-dealkylation sites (tertiary alicyclic amines) is 1. The molecular weight excluding hydrogens is 327 g/mol. The molecule has 3 nitrogen and oxygen atoms in total. The minimum Gasteiger partial charge on any atom is -0.346 e. The Morgan fingerprint density at radius 2 is 1.96 bits per heavy atom. The molecule has 0 aromatic heterocycles. The molecule has 1 heterocycles. The first-order valence-electron chi connectivity index (χ1n) is 8.84. The smallest absolute Gasteiger partial charge is 0.225 e. The standard InChI is InChI=1S/C19H27FN2O.ClH/c1-3-21(2)19(23)17-10-16(11-17)14-6-7-15(18(20)12-14)13-22-8-4-5-9-22;/h6-7,12,16-17H,3-5,8-11,13H2,1-2H3;1H. The van der Waals surface area contributed by atoms with E-state index in [1.54, 1.807) is 11.0 Å². The summed E-state index contributed by atoms with van der Waals surface area (Å²) in [4.78, 5) is 16.2. The molecule has 1 aliphatic carbocycles. The molecule has 0 bridgehead atoms. The second-order valence-corrected chi connectivity index (χ2v) is 7.05. The van der Waals surface area contributed by atoms with Crippen molar-refractivity contribution >= 4 is 18.3 Å².